The average molecular weight is 241 g/mol. The van der Waals surface area contributed by atoms with Gasteiger partial charge in [0.2, 0.25) is 11.8 Å². The second-order valence-electron chi connectivity index (χ2n) is 5.00. The summed E-state index contributed by atoms with van der Waals surface area (Å²) in [6, 6.07) is -0.633. The number of carbonyl (C=O) groups is 2. The Morgan fingerprint density at radius 1 is 1.41 bits per heavy atom. The summed E-state index contributed by atoms with van der Waals surface area (Å²) in [5, 5.41) is 2.93. The van der Waals surface area contributed by atoms with Gasteiger partial charge in [-0.25, -0.2) is 0 Å². The summed E-state index contributed by atoms with van der Waals surface area (Å²) < 4.78 is 0. The molecule has 2 amide bonds. The summed E-state index contributed by atoms with van der Waals surface area (Å²) in [6.07, 6.45) is 3.19. The van der Waals surface area contributed by atoms with Gasteiger partial charge in [0, 0.05) is 6.04 Å². The van der Waals surface area contributed by atoms with Gasteiger partial charge in [-0.3, -0.25) is 9.59 Å². The predicted octanol–water partition coefficient (Wildman–Crippen LogP) is 0.130. The molecule has 0 aliphatic heterocycles. The Labute approximate surface area is 102 Å². The molecule has 5 N–H and O–H groups in total. The molecule has 98 valence electrons. The fourth-order valence-electron chi connectivity index (χ4n) is 2.63. The Bertz CT molecular complexity index is 293. The van der Waals surface area contributed by atoms with Crippen LogP contribution in [0.1, 0.15) is 39.5 Å². The van der Waals surface area contributed by atoms with E-state index in [2.05, 4.69) is 19.2 Å². The first-order valence-corrected chi connectivity index (χ1v) is 6.30. The van der Waals surface area contributed by atoms with Gasteiger partial charge in [-0.2, -0.15) is 0 Å². The first kappa shape index (κ1) is 14.0. The summed E-state index contributed by atoms with van der Waals surface area (Å²) in [7, 11) is 0. The Morgan fingerprint density at radius 3 is 2.53 bits per heavy atom. The summed E-state index contributed by atoms with van der Waals surface area (Å²) >= 11 is 0. The Balaban J connectivity index is 2.44. The van der Waals surface area contributed by atoms with E-state index in [1.165, 1.54) is 0 Å². The van der Waals surface area contributed by atoms with E-state index in [0.29, 0.717) is 11.8 Å². The second-order valence-corrected chi connectivity index (χ2v) is 5.00. The third kappa shape index (κ3) is 3.70. The van der Waals surface area contributed by atoms with Crippen molar-refractivity contribution < 1.29 is 9.59 Å². The monoisotopic (exact) mass is 241 g/mol. The minimum Gasteiger partial charge on any atom is -0.370 e. The van der Waals surface area contributed by atoms with Crippen LogP contribution in [-0.2, 0) is 9.59 Å². The number of amides is 2. The highest BCUT2D eigenvalue weighted by Crippen LogP contribution is 2.33. The van der Waals surface area contributed by atoms with Gasteiger partial charge in [0.1, 0.15) is 0 Å². The molecule has 1 aliphatic carbocycles. The molecule has 17 heavy (non-hydrogen) atoms. The highest BCUT2D eigenvalue weighted by molar-refractivity contribution is 5.87. The molecule has 0 saturated heterocycles. The molecule has 0 aromatic rings. The van der Waals surface area contributed by atoms with Gasteiger partial charge in [-0.1, -0.05) is 20.3 Å². The van der Waals surface area contributed by atoms with Gasteiger partial charge in [-0.05, 0) is 24.7 Å². The summed E-state index contributed by atoms with van der Waals surface area (Å²) in [5.41, 5.74) is 10.6. The predicted molar refractivity (Wildman–Crippen MR) is 65.9 cm³/mol. The highest BCUT2D eigenvalue weighted by Gasteiger charge is 2.33. The first-order valence-electron chi connectivity index (χ1n) is 6.30. The lowest BCUT2D eigenvalue weighted by molar-refractivity contribution is -0.127. The molecule has 0 heterocycles. The largest absolute Gasteiger partial charge is 0.370 e. The molecule has 1 fully saturated rings. The standard InChI is InChI=1S/C12H23N3O2/c1-3-8-4-5-10(7(8)2)15-12(17)9(13)6-11(14)16/h7-10H,3-6,13H2,1-2H3,(H2,14,16)(H,15,17). The van der Waals surface area contributed by atoms with Crippen LogP contribution in [0, 0.1) is 11.8 Å². The van der Waals surface area contributed by atoms with E-state index in [1.807, 2.05) is 0 Å². The van der Waals surface area contributed by atoms with Crippen LogP contribution in [0.25, 0.3) is 0 Å². The van der Waals surface area contributed by atoms with Crippen LogP contribution in [0.4, 0.5) is 0 Å². The van der Waals surface area contributed by atoms with Crippen LogP contribution >= 0.6 is 0 Å². The number of carbonyl (C=O) groups excluding carboxylic acids is 2. The molecule has 4 atom stereocenters. The molecule has 0 spiro atoms. The zero-order valence-electron chi connectivity index (χ0n) is 10.6. The molecule has 0 aromatic carbocycles. The van der Waals surface area contributed by atoms with Gasteiger partial charge >= 0.3 is 0 Å². The van der Waals surface area contributed by atoms with Crippen molar-refractivity contribution in [2.45, 2.75) is 51.6 Å². The quantitative estimate of drug-likeness (QED) is 0.638. The Hall–Kier alpha value is -1.10. The van der Waals surface area contributed by atoms with E-state index in [-0.39, 0.29) is 18.4 Å². The number of hydrogen-bond donors (Lipinski definition) is 3. The van der Waals surface area contributed by atoms with Crippen molar-refractivity contribution in [2.75, 3.05) is 0 Å². The van der Waals surface area contributed by atoms with E-state index < -0.39 is 11.9 Å². The van der Waals surface area contributed by atoms with Crippen molar-refractivity contribution in [3.05, 3.63) is 0 Å². The molecule has 0 bridgehead atoms. The van der Waals surface area contributed by atoms with Gasteiger partial charge in [-0.15, -0.1) is 0 Å². The SMILES string of the molecule is CCC1CCC(NC(=O)C(N)CC(N)=O)C1C. The molecule has 1 aliphatic rings. The normalized spacial score (nSPS) is 29.9. The lowest BCUT2D eigenvalue weighted by atomic mass is 9.93. The number of primary amides is 1. The van der Waals surface area contributed by atoms with Crippen molar-refractivity contribution in [3.8, 4) is 0 Å². The maximum Gasteiger partial charge on any atom is 0.237 e. The molecule has 0 radical (unpaired) electrons. The Kier molecular flexibility index (Phi) is 4.93. The fourth-order valence-corrected chi connectivity index (χ4v) is 2.63. The van der Waals surface area contributed by atoms with Crippen molar-refractivity contribution in [1.29, 1.82) is 0 Å². The van der Waals surface area contributed by atoms with Gasteiger partial charge in [0.25, 0.3) is 0 Å². The molecule has 0 aromatic heterocycles. The van der Waals surface area contributed by atoms with Crippen LogP contribution in [0.5, 0.6) is 0 Å². The summed E-state index contributed by atoms with van der Waals surface area (Å²) in [5.74, 6) is 0.341. The zero-order valence-corrected chi connectivity index (χ0v) is 10.6. The van der Waals surface area contributed by atoms with E-state index in [1.54, 1.807) is 0 Å². The maximum atomic E-state index is 11.7. The molecule has 4 unspecified atom stereocenters. The Morgan fingerprint density at radius 2 is 2.06 bits per heavy atom. The van der Waals surface area contributed by atoms with E-state index in [9.17, 15) is 9.59 Å². The third-order valence-corrected chi connectivity index (χ3v) is 3.84. The van der Waals surface area contributed by atoms with Crippen molar-refractivity contribution in [3.63, 3.8) is 0 Å². The van der Waals surface area contributed by atoms with E-state index >= 15 is 0 Å². The zero-order chi connectivity index (χ0) is 13.0. The van der Waals surface area contributed by atoms with Crippen LogP contribution in [0.2, 0.25) is 0 Å². The van der Waals surface area contributed by atoms with Crippen molar-refractivity contribution >= 4 is 11.8 Å². The molecule has 5 nitrogen and oxygen atoms in total. The summed E-state index contributed by atoms with van der Waals surface area (Å²) in [4.78, 5) is 22.4. The lowest BCUT2D eigenvalue weighted by Gasteiger charge is -2.22. The molecule has 1 rings (SSSR count). The van der Waals surface area contributed by atoms with Crippen LogP contribution in [0.15, 0.2) is 0 Å². The maximum absolute atomic E-state index is 11.7. The van der Waals surface area contributed by atoms with Crippen LogP contribution < -0.4 is 16.8 Å². The summed E-state index contributed by atoms with van der Waals surface area (Å²) in [6.45, 7) is 4.33. The number of nitrogens with one attached hydrogen (secondary N) is 1. The fraction of sp³-hybridized carbons (Fsp3) is 0.833. The number of hydrogen-bond acceptors (Lipinski definition) is 3. The van der Waals surface area contributed by atoms with E-state index in [4.69, 9.17) is 11.5 Å². The van der Waals surface area contributed by atoms with Gasteiger partial charge in [0.15, 0.2) is 0 Å². The second kappa shape index (κ2) is 6.00. The first-order chi connectivity index (χ1) is 7.95. The van der Waals surface area contributed by atoms with Gasteiger partial charge < -0.3 is 16.8 Å². The minimum atomic E-state index is -0.819. The lowest BCUT2D eigenvalue weighted by Crippen LogP contribution is -2.48. The molecular weight excluding hydrogens is 218 g/mol. The van der Waals surface area contributed by atoms with Crippen LogP contribution in [-0.4, -0.2) is 23.9 Å². The minimum absolute atomic E-state index is 0.0931. The topological polar surface area (TPSA) is 98.2 Å². The van der Waals surface area contributed by atoms with Crippen LogP contribution in [0.3, 0.4) is 0 Å². The molecule has 5 heteroatoms. The van der Waals surface area contributed by atoms with Gasteiger partial charge in [0.05, 0.1) is 12.5 Å². The van der Waals surface area contributed by atoms with Crippen molar-refractivity contribution in [2.24, 2.45) is 23.3 Å². The molecule has 1 saturated carbocycles. The number of nitrogens with two attached hydrogens (primary N) is 2. The highest BCUT2D eigenvalue weighted by atomic mass is 16.2. The van der Waals surface area contributed by atoms with Crippen molar-refractivity contribution in [1.82, 2.24) is 5.32 Å². The molecular formula is C12H23N3O2. The third-order valence-electron chi connectivity index (χ3n) is 3.84. The van der Waals surface area contributed by atoms with E-state index in [0.717, 1.165) is 19.3 Å². The average Bonchev–Trinajstić information content (AvgIpc) is 2.59. The smallest absolute Gasteiger partial charge is 0.237 e. The number of rotatable bonds is 5.